The largest absolute Gasteiger partial charge is 0.427 e. The van der Waals surface area contributed by atoms with Gasteiger partial charge in [-0.2, -0.15) is 0 Å². The lowest BCUT2D eigenvalue weighted by atomic mass is 10.0. The molecule has 2 aliphatic rings. The summed E-state index contributed by atoms with van der Waals surface area (Å²) in [6.07, 6.45) is 7.86. The number of aromatic amines is 2. The molecule has 64 heavy (non-hydrogen) atoms. The van der Waals surface area contributed by atoms with Crippen LogP contribution in [-0.4, -0.2) is 43.8 Å². The van der Waals surface area contributed by atoms with Gasteiger partial charge in [-0.3, -0.25) is 19.2 Å². The van der Waals surface area contributed by atoms with Crippen LogP contribution in [0.2, 0.25) is 0 Å². The first-order valence-corrected chi connectivity index (χ1v) is 20.3. The van der Waals surface area contributed by atoms with Crippen LogP contribution in [0, 0.1) is 0 Å². The van der Waals surface area contributed by atoms with Crippen molar-refractivity contribution < 1.29 is 38.1 Å². The van der Waals surface area contributed by atoms with Gasteiger partial charge in [0.2, 0.25) is 0 Å². The average Bonchev–Trinajstić information content (AvgIpc) is 4.11. The lowest BCUT2D eigenvalue weighted by Crippen LogP contribution is -2.01. The number of H-pyrrole nitrogens is 2. The molecule has 0 spiro atoms. The number of carbonyl (C=O) groups is 4. The summed E-state index contributed by atoms with van der Waals surface area (Å²) in [6, 6.07) is 37.0. The molecule has 4 aromatic carbocycles. The van der Waals surface area contributed by atoms with Gasteiger partial charge in [0.25, 0.3) is 0 Å². The van der Waals surface area contributed by atoms with E-state index in [0.717, 1.165) is 66.6 Å². The molecule has 2 N–H and O–H groups in total. The second-order valence-corrected chi connectivity index (χ2v) is 15.0. The number of hydrogen-bond donors (Lipinski definition) is 2. The van der Waals surface area contributed by atoms with Crippen LogP contribution in [0.4, 0.5) is 0 Å². The Hall–Kier alpha value is -8.64. The standard InChI is InChI=1S/C52H38N4O8/c1-29(57)61-37-13-5-33(6-14-37)49-41-21-23-43(53-41)50(34-7-15-38(16-8-34)62-30(2)58)45-25-27-47(55-45)52(36-11-19-40(20-12-36)64-32(4)60)48-28-26-46(56-48)51(44-24-22-42(49)54-44)35-9-17-39(18-10-35)63-31(3)59/h5-28,53,56H,1-4H3. The molecule has 0 amide bonds. The van der Waals surface area contributed by atoms with Gasteiger partial charge in [0.05, 0.1) is 22.8 Å². The van der Waals surface area contributed by atoms with Crippen molar-refractivity contribution in [1.29, 1.82) is 0 Å². The molecular formula is C52H38N4O8. The van der Waals surface area contributed by atoms with Gasteiger partial charge in [0, 0.05) is 72.0 Å². The summed E-state index contributed by atoms with van der Waals surface area (Å²) in [4.78, 5) is 65.2. The fraction of sp³-hybridized carbons (Fsp3) is 0.0769. The van der Waals surface area contributed by atoms with Crippen molar-refractivity contribution in [3.63, 3.8) is 0 Å². The predicted molar refractivity (Wildman–Crippen MR) is 246 cm³/mol. The number of fused-ring (bicyclic) bond motifs is 8. The molecule has 0 aliphatic carbocycles. The highest BCUT2D eigenvalue weighted by Crippen LogP contribution is 2.39. The van der Waals surface area contributed by atoms with Crippen LogP contribution in [0.15, 0.2) is 121 Å². The summed E-state index contributed by atoms with van der Waals surface area (Å²) < 4.78 is 21.5. The molecule has 7 aromatic rings. The summed E-state index contributed by atoms with van der Waals surface area (Å²) in [5, 5.41) is 0. The van der Waals surface area contributed by atoms with E-state index in [1.165, 1.54) is 27.7 Å². The zero-order valence-electron chi connectivity index (χ0n) is 35.0. The molecule has 12 nitrogen and oxygen atoms in total. The third-order valence-electron chi connectivity index (χ3n) is 10.4. The maximum absolute atomic E-state index is 11.8. The Morgan fingerprint density at radius 2 is 0.531 bits per heavy atom. The van der Waals surface area contributed by atoms with E-state index in [0.29, 0.717) is 45.8 Å². The van der Waals surface area contributed by atoms with Crippen LogP contribution in [-0.2, 0) is 19.2 Å². The highest BCUT2D eigenvalue weighted by atomic mass is 16.5. The summed E-state index contributed by atoms with van der Waals surface area (Å²) >= 11 is 0. The Balaban J connectivity index is 1.38. The molecule has 0 fully saturated rings. The van der Waals surface area contributed by atoms with E-state index in [1.807, 2.05) is 97.1 Å². The van der Waals surface area contributed by atoms with E-state index in [1.54, 1.807) is 48.5 Å². The molecule has 0 atom stereocenters. The van der Waals surface area contributed by atoms with Crippen molar-refractivity contribution in [3.8, 4) is 67.5 Å². The van der Waals surface area contributed by atoms with E-state index in [-0.39, 0.29) is 0 Å². The molecule has 8 bridgehead atoms. The Kier molecular flexibility index (Phi) is 10.8. The fourth-order valence-electron chi connectivity index (χ4n) is 7.84. The molecule has 314 valence electrons. The summed E-state index contributed by atoms with van der Waals surface area (Å²) in [5.74, 6) is -0.0586. The number of esters is 4. The highest BCUT2D eigenvalue weighted by Gasteiger charge is 2.20. The van der Waals surface area contributed by atoms with E-state index in [4.69, 9.17) is 28.9 Å². The van der Waals surface area contributed by atoms with Crippen LogP contribution in [0.1, 0.15) is 50.5 Å². The molecule has 0 saturated heterocycles. The Labute approximate surface area is 366 Å². The van der Waals surface area contributed by atoms with Crippen molar-refractivity contribution in [2.24, 2.45) is 0 Å². The van der Waals surface area contributed by atoms with Crippen molar-refractivity contribution in [3.05, 3.63) is 144 Å². The van der Waals surface area contributed by atoms with Crippen molar-refractivity contribution in [1.82, 2.24) is 19.9 Å². The van der Waals surface area contributed by atoms with Crippen molar-refractivity contribution >= 4 is 70.2 Å². The summed E-state index contributed by atoms with van der Waals surface area (Å²) in [7, 11) is 0. The average molecular weight is 847 g/mol. The number of nitrogens with zero attached hydrogens (tertiary/aromatic N) is 2. The quantitative estimate of drug-likeness (QED) is 0.111. The SMILES string of the molecule is CC(=O)Oc1ccc(-c2c3nc(c(-c4ccc(OC(C)=O)cc4)c4ccc([nH]4)c(-c4ccc(OC(C)=O)cc4)c4nc(c(-c5ccc(OC(C)=O)cc5)c5ccc2[nH]5)C=C4)C=C3)cc1. The van der Waals surface area contributed by atoms with E-state index >= 15 is 0 Å². The number of benzene rings is 4. The van der Waals surface area contributed by atoms with Gasteiger partial charge in [-0.1, -0.05) is 48.5 Å². The topological polar surface area (TPSA) is 163 Å². The predicted octanol–water partition coefficient (Wildman–Crippen LogP) is 11.0. The first-order chi connectivity index (χ1) is 30.9. The minimum absolute atomic E-state index is 0.408. The van der Waals surface area contributed by atoms with Crippen LogP contribution in [0.25, 0.3) is 90.9 Å². The molecule has 9 rings (SSSR count). The van der Waals surface area contributed by atoms with E-state index in [9.17, 15) is 19.2 Å². The Bertz CT molecular complexity index is 2820. The zero-order valence-corrected chi connectivity index (χ0v) is 35.0. The first-order valence-electron chi connectivity index (χ1n) is 20.3. The normalized spacial score (nSPS) is 11.6. The molecule has 0 unspecified atom stereocenters. The number of ether oxygens (including phenoxy) is 4. The first kappa shape index (κ1) is 40.7. The number of carbonyl (C=O) groups excluding carboxylic acids is 4. The minimum atomic E-state index is -0.423. The lowest BCUT2D eigenvalue weighted by Gasteiger charge is -2.08. The number of aromatic nitrogens is 4. The van der Waals surface area contributed by atoms with Gasteiger partial charge in [0.1, 0.15) is 23.0 Å². The molecular weight excluding hydrogens is 809 g/mol. The van der Waals surface area contributed by atoms with E-state index < -0.39 is 23.9 Å². The second-order valence-electron chi connectivity index (χ2n) is 15.0. The number of hydrogen-bond acceptors (Lipinski definition) is 10. The van der Waals surface area contributed by atoms with Gasteiger partial charge in [-0.05, 0) is 119 Å². The van der Waals surface area contributed by atoms with Crippen LogP contribution in [0.5, 0.6) is 23.0 Å². The van der Waals surface area contributed by atoms with E-state index in [2.05, 4.69) is 9.97 Å². The van der Waals surface area contributed by atoms with Gasteiger partial charge in [0.15, 0.2) is 0 Å². The smallest absolute Gasteiger partial charge is 0.308 e. The van der Waals surface area contributed by atoms with Gasteiger partial charge in [-0.25, -0.2) is 9.97 Å². The summed E-state index contributed by atoms with van der Waals surface area (Å²) in [5.41, 5.74) is 12.0. The molecule has 0 saturated carbocycles. The van der Waals surface area contributed by atoms with Crippen LogP contribution >= 0.6 is 0 Å². The molecule has 3 aromatic heterocycles. The zero-order chi connectivity index (χ0) is 44.5. The number of rotatable bonds is 8. The summed E-state index contributed by atoms with van der Waals surface area (Å²) in [6.45, 7) is 5.43. The van der Waals surface area contributed by atoms with Crippen LogP contribution < -0.4 is 18.9 Å². The van der Waals surface area contributed by atoms with Gasteiger partial charge >= 0.3 is 23.9 Å². The maximum Gasteiger partial charge on any atom is 0.308 e. The second kappa shape index (κ2) is 17.0. The van der Waals surface area contributed by atoms with Crippen molar-refractivity contribution in [2.75, 3.05) is 0 Å². The fourth-order valence-corrected chi connectivity index (χ4v) is 7.84. The maximum atomic E-state index is 11.8. The third-order valence-corrected chi connectivity index (χ3v) is 10.4. The number of nitrogens with one attached hydrogen (secondary N) is 2. The van der Waals surface area contributed by atoms with Gasteiger partial charge in [-0.15, -0.1) is 0 Å². The Morgan fingerprint density at radius 1 is 0.328 bits per heavy atom. The third kappa shape index (κ3) is 8.48. The van der Waals surface area contributed by atoms with Gasteiger partial charge < -0.3 is 28.9 Å². The monoisotopic (exact) mass is 846 g/mol. The minimum Gasteiger partial charge on any atom is -0.427 e. The molecule has 2 aliphatic heterocycles. The lowest BCUT2D eigenvalue weighted by molar-refractivity contribution is -0.132. The Morgan fingerprint density at radius 3 is 0.719 bits per heavy atom. The van der Waals surface area contributed by atoms with Crippen molar-refractivity contribution in [2.45, 2.75) is 27.7 Å². The molecule has 12 heteroatoms. The highest BCUT2D eigenvalue weighted by molar-refractivity contribution is 6.00. The molecule has 0 radical (unpaired) electrons. The molecule has 5 heterocycles. The van der Waals surface area contributed by atoms with Crippen LogP contribution in [0.3, 0.4) is 0 Å².